The molecular formula is C25H29N3O2. The number of nitrogens with one attached hydrogen (secondary N) is 1. The first-order chi connectivity index (χ1) is 14.2. The predicted octanol–water partition coefficient (Wildman–Crippen LogP) is 5.28. The molecule has 0 saturated heterocycles. The third-order valence-corrected chi connectivity index (χ3v) is 4.55. The summed E-state index contributed by atoms with van der Waals surface area (Å²) in [5, 5.41) is 2.87. The lowest BCUT2D eigenvalue weighted by molar-refractivity contribution is 0.0951. The molecule has 3 rings (SSSR count). The lowest BCUT2D eigenvalue weighted by Gasteiger charge is -2.18. The minimum Gasteiger partial charge on any atom is -0.457 e. The van der Waals surface area contributed by atoms with Crippen LogP contribution in [-0.4, -0.2) is 10.9 Å². The van der Waals surface area contributed by atoms with Crippen LogP contribution in [0.4, 0.5) is 5.82 Å². The zero-order chi connectivity index (χ0) is 21.7. The van der Waals surface area contributed by atoms with E-state index in [4.69, 9.17) is 10.5 Å². The van der Waals surface area contributed by atoms with E-state index in [1.165, 1.54) is 5.56 Å². The molecule has 2 aromatic carbocycles. The second-order valence-electron chi connectivity index (χ2n) is 8.70. The molecule has 5 heteroatoms. The zero-order valence-corrected chi connectivity index (χ0v) is 18.0. The summed E-state index contributed by atoms with van der Waals surface area (Å²) in [6.45, 7) is 8.90. The number of nitrogens with zero attached hydrogens (tertiary/aromatic N) is 1. The van der Waals surface area contributed by atoms with Crippen LogP contribution < -0.4 is 15.8 Å². The maximum atomic E-state index is 12.3. The molecule has 1 aromatic heterocycles. The number of nitrogen functional groups attached to an aromatic ring is 1. The Bertz CT molecular complexity index is 1020. The lowest BCUT2D eigenvalue weighted by Crippen LogP contribution is -2.24. The third-order valence-electron chi connectivity index (χ3n) is 4.55. The Morgan fingerprint density at radius 2 is 1.73 bits per heavy atom. The summed E-state index contributed by atoms with van der Waals surface area (Å²) < 4.78 is 6.00. The van der Waals surface area contributed by atoms with Crippen molar-refractivity contribution in [2.75, 3.05) is 5.73 Å². The number of hydrogen-bond acceptors (Lipinski definition) is 4. The molecule has 3 N–H and O–H groups in total. The Hall–Kier alpha value is -3.34. The van der Waals surface area contributed by atoms with Crippen LogP contribution in [0.5, 0.6) is 11.5 Å². The first-order valence-corrected chi connectivity index (χ1v) is 10.1. The van der Waals surface area contributed by atoms with Gasteiger partial charge in [-0.2, -0.15) is 0 Å². The van der Waals surface area contributed by atoms with Gasteiger partial charge in [-0.1, -0.05) is 45.0 Å². The average molecular weight is 404 g/mol. The van der Waals surface area contributed by atoms with Gasteiger partial charge in [-0.05, 0) is 66.3 Å². The van der Waals surface area contributed by atoms with Gasteiger partial charge in [-0.3, -0.25) is 4.79 Å². The largest absolute Gasteiger partial charge is 0.457 e. The van der Waals surface area contributed by atoms with Crippen LogP contribution >= 0.6 is 0 Å². The number of anilines is 1. The van der Waals surface area contributed by atoms with Crippen molar-refractivity contribution in [3.63, 3.8) is 0 Å². The van der Waals surface area contributed by atoms with E-state index >= 15 is 0 Å². The summed E-state index contributed by atoms with van der Waals surface area (Å²) in [5.41, 5.74) is 9.45. The van der Waals surface area contributed by atoms with Gasteiger partial charge in [0.2, 0.25) is 0 Å². The van der Waals surface area contributed by atoms with Gasteiger partial charge in [0.05, 0.1) is 5.56 Å². The Morgan fingerprint density at radius 3 is 2.40 bits per heavy atom. The third kappa shape index (κ3) is 6.08. The molecule has 1 amide bonds. The molecule has 0 aliphatic carbocycles. The number of benzene rings is 2. The molecule has 0 spiro atoms. The van der Waals surface area contributed by atoms with Crippen molar-refractivity contribution < 1.29 is 9.53 Å². The highest BCUT2D eigenvalue weighted by Crippen LogP contribution is 2.26. The van der Waals surface area contributed by atoms with Crippen molar-refractivity contribution in [2.24, 2.45) is 5.41 Å². The van der Waals surface area contributed by atoms with Crippen LogP contribution in [-0.2, 0) is 13.0 Å². The number of rotatable bonds is 6. The highest BCUT2D eigenvalue weighted by molar-refractivity contribution is 5.98. The van der Waals surface area contributed by atoms with Crippen molar-refractivity contribution in [1.82, 2.24) is 10.3 Å². The Labute approximate surface area is 178 Å². The van der Waals surface area contributed by atoms with Crippen molar-refractivity contribution in [3.05, 3.63) is 83.0 Å². The van der Waals surface area contributed by atoms with E-state index in [0.717, 1.165) is 29.2 Å². The van der Waals surface area contributed by atoms with Crippen LogP contribution in [0.2, 0.25) is 0 Å². The standard InChI is InChI=1S/C25H29N3O2/c1-17-8-13-22(23(26)28-17)24(29)27-16-18-9-11-20(12-10-18)30-21-7-5-6-19(14-21)15-25(2,3)4/h5-14H,15-16H2,1-4H3,(H2,26,28)(H,27,29). The quantitative estimate of drug-likeness (QED) is 0.587. The Kier molecular flexibility index (Phi) is 6.40. The zero-order valence-electron chi connectivity index (χ0n) is 18.0. The van der Waals surface area contributed by atoms with Crippen molar-refractivity contribution in [2.45, 2.75) is 40.7 Å². The van der Waals surface area contributed by atoms with E-state index in [2.05, 4.69) is 43.2 Å². The minimum absolute atomic E-state index is 0.226. The molecule has 30 heavy (non-hydrogen) atoms. The fraction of sp³-hybridized carbons (Fsp3) is 0.280. The van der Waals surface area contributed by atoms with Crippen LogP contribution in [0.15, 0.2) is 60.7 Å². The van der Waals surface area contributed by atoms with Crippen LogP contribution in [0.3, 0.4) is 0 Å². The van der Waals surface area contributed by atoms with E-state index in [1.807, 2.05) is 43.3 Å². The van der Waals surface area contributed by atoms with Gasteiger partial charge < -0.3 is 15.8 Å². The SMILES string of the molecule is Cc1ccc(C(=O)NCc2ccc(Oc3cccc(CC(C)(C)C)c3)cc2)c(N)n1. The molecule has 0 aliphatic rings. The molecule has 0 aliphatic heterocycles. The Morgan fingerprint density at radius 1 is 1.00 bits per heavy atom. The maximum Gasteiger partial charge on any atom is 0.255 e. The fourth-order valence-electron chi connectivity index (χ4n) is 3.19. The first kappa shape index (κ1) is 21.4. The number of carbonyl (C=O) groups excluding carboxylic acids is 1. The normalized spacial score (nSPS) is 11.2. The highest BCUT2D eigenvalue weighted by atomic mass is 16.5. The van der Waals surface area contributed by atoms with Crippen LogP contribution in [0.1, 0.15) is 48.0 Å². The van der Waals surface area contributed by atoms with E-state index in [9.17, 15) is 4.79 Å². The molecule has 0 radical (unpaired) electrons. The van der Waals surface area contributed by atoms with Crippen LogP contribution in [0.25, 0.3) is 0 Å². The van der Waals surface area contributed by atoms with Gasteiger partial charge in [0.15, 0.2) is 0 Å². The number of hydrogen-bond donors (Lipinski definition) is 2. The lowest BCUT2D eigenvalue weighted by atomic mass is 9.88. The van der Waals surface area contributed by atoms with E-state index in [1.54, 1.807) is 12.1 Å². The van der Waals surface area contributed by atoms with Crippen LogP contribution in [0, 0.1) is 12.3 Å². The van der Waals surface area contributed by atoms with Gasteiger partial charge in [0.1, 0.15) is 17.3 Å². The van der Waals surface area contributed by atoms with Gasteiger partial charge in [0, 0.05) is 12.2 Å². The summed E-state index contributed by atoms with van der Waals surface area (Å²) in [4.78, 5) is 16.5. The summed E-state index contributed by atoms with van der Waals surface area (Å²) in [7, 11) is 0. The molecule has 1 heterocycles. The number of amides is 1. The van der Waals surface area contributed by atoms with Gasteiger partial charge in [-0.25, -0.2) is 4.98 Å². The molecule has 3 aromatic rings. The van der Waals surface area contributed by atoms with Gasteiger partial charge in [0.25, 0.3) is 5.91 Å². The number of aromatic nitrogens is 1. The highest BCUT2D eigenvalue weighted by Gasteiger charge is 2.12. The molecule has 0 fully saturated rings. The number of nitrogens with two attached hydrogens (primary N) is 1. The van der Waals surface area contributed by atoms with E-state index in [0.29, 0.717) is 12.1 Å². The van der Waals surface area contributed by atoms with Crippen molar-refractivity contribution in [1.29, 1.82) is 0 Å². The molecule has 0 atom stereocenters. The number of carbonyl (C=O) groups is 1. The van der Waals surface area contributed by atoms with Crippen molar-refractivity contribution in [3.8, 4) is 11.5 Å². The van der Waals surface area contributed by atoms with Crippen molar-refractivity contribution >= 4 is 11.7 Å². The maximum absolute atomic E-state index is 12.3. The van der Waals surface area contributed by atoms with E-state index in [-0.39, 0.29) is 17.1 Å². The average Bonchev–Trinajstić information content (AvgIpc) is 2.66. The monoisotopic (exact) mass is 403 g/mol. The summed E-state index contributed by atoms with van der Waals surface area (Å²) in [5.74, 6) is 1.58. The molecule has 0 saturated carbocycles. The summed E-state index contributed by atoms with van der Waals surface area (Å²) in [6, 6.07) is 19.3. The first-order valence-electron chi connectivity index (χ1n) is 10.1. The molecule has 0 unspecified atom stereocenters. The molecule has 0 bridgehead atoms. The predicted molar refractivity (Wildman–Crippen MR) is 121 cm³/mol. The summed E-state index contributed by atoms with van der Waals surface area (Å²) in [6.07, 6.45) is 0.990. The number of ether oxygens (including phenoxy) is 1. The second kappa shape index (κ2) is 8.99. The smallest absolute Gasteiger partial charge is 0.255 e. The second-order valence-corrected chi connectivity index (χ2v) is 8.70. The van der Waals surface area contributed by atoms with E-state index < -0.39 is 0 Å². The molecule has 5 nitrogen and oxygen atoms in total. The molecular weight excluding hydrogens is 374 g/mol. The Balaban J connectivity index is 1.59. The fourth-order valence-corrected chi connectivity index (χ4v) is 3.19. The molecule has 156 valence electrons. The minimum atomic E-state index is -0.240. The number of aryl methyl sites for hydroxylation is 1. The topological polar surface area (TPSA) is 77.2 Å². The summed E-state index contributed by atoms with van der Waals surface area (Å²) >= 11 is 0. The van der Waals surface area contributed by atoms with Gasteiger partial charge >= 0.3 is 0 Å². The van der Waals surface area contributed by atoms with Gasteiger partial charge in [-0.15, -0.1) is 0 Å². The number of pyridine rings is 1.